The molecule has 3 rings (SSSR count). The van der Waals surface area contributed by atoms with Crippen molar-refractivity contribution in [2.45, 2.75) is 45.1 Å². The van der Waals surface area contributed by atoms with Crippen LogP contribution in [-0.4, -0.2) is 23.6 Å². The predicted molar refractivity (Wildman–Crippen MR) is 91.6 cm³/mol. The van der Waals surface area contributed by atoms with Gasteiger partial charge in [-0.1, -0.05) is 18.7 Å². The van der Waals surface area contributed by atoms with Crippen LogP contribution in [0.15, 0.2) is 23.2 Å². The van der Waals surface area contributed by atoms with Gasteiger partial charge in [0.2, 0.25) is 0 Å². The summed E-state index contributed by atoms with van der Waals surface area (Å²) in [4.78, 5) is 5.02. The van der Waals surface area contributed by atoms with Crippen LogP contribution < -0.4 is 10.1 Å². The summed E-state index contributed by atoms with van der Waals surface area (Å²) in [6.45, 7) is 4.43. The Hall–Kier alpha value is -1.16. The molecule has 2 aliphatic rings. The molecule has 0 saturated heterocycles. The van der Waals surface area contributed by atoms with Gasteiger partial charge in [-0.3, -0.25) is 4.99 Å². The van der Waals surface area contributed by atoms with E-state index < -0.39 is 0 Å². The Labute approximate surface area is 131 Å². The fourth-order valence-electron chi connectivity index (χ4n) is 3.18. The van der Waals surface area contributed by atoms with E-state index in [-0.39, 0.29) is 5.54 Å². The molecule has 1 saturated carbocycles. The van der Waals surface area contributed by atoms with Gasteiger partial charge in [0.05, 0.1) is 12.6 Å². The van der Waals surface area contributed by atoms with Gasteiger partial charge in [0.15, 0.2) is 5.17 Å². The quantitative estimate of drug-likeness (QED) is 0.875. The van der Waals surface area contributed by atoms with Gasteiger partial charge in [-0.05, 0) is 62.3 Å². The van der Waals surface area contributed by atoms with Crippen LogP contribution in [0, 0.1) is 12.8 Å². The van der Waals surface area contributed by atoms with E-state index in [9.17, 15) is 0 Å². The van der Waals surface area contributed by atoms with E-state index in [2.05, 4.69) is 31.3 Å². The Bertz CT molecular complexity index is 548. The topological polar surface area (TPSA) is 33.6 Å². The summed E-state index contributed by atoms with van der Waals surface area (Å²) in [5, 5.41) is 4.55. The number of rotatable bonds is 2. The molecule has 21 heavy (non-hydrogen) atoms. The average Bonchev–Trinajstić information content (AvgIpc) is 2.86. The number of amidine groups is 1. The maximum Gasteiger partial charge on any atom is 0.161 e. The van der Waals surface area contributed by atoms with E-state index in [1.807, 2.05) is 17.8 Å². The SMILES string of the molecule is COc1ccc(NC2=NC3(CCC(C)CC3)CS2)cc1C. The minimum Gasteiger partial charge on any atom is -0.496 e. The minimum atomic E-state index is 0.209. The zero-order chi connectivity index (χ0) is 14.9. The van der Waals surface area contributed by atoms with Gasteiger partial charge in [-0.2, -0.15) is 0 Å². The van der Waals surface area contributed by atoms with Crippen molar-refractivity contribution in [1.82, 2.24) is 0 Å². The third kappa shape index (κ3) is 3.20. The molecule has 1 aliphatic heterocycles. The van der Waals surface area contributed by atoms with Crippen LogP contribution in [0.1, 0.15) is 38.2 Å². The first-order valence-electron chi connectivity index (χ1n) is 7.74. The number of benzene rings is 1. The van der Waals surface area contributed by atoms with Crippen molar-refractivity contribution in [3.05, 3.63) is 23.8 Å². The number of thioether (sulfide) groups is 1. The van der Waals surface area contributed by atoms with Crippen molar-refractivity contribution in [3.63, 3.8) is 0 Å². The van der Waals surface area contributed by atoms with Gasteiger partial charge < -0.3 is 10.1 Å². The molecular weight excluding hydrogens is 280 g/mol. The summed E-state index contributed by atoms with van der Waals surface area (Å²) in [6, 6.07) is 6.19. The van der Waals surface area contributed by atoms with E-state index in [4.69, 9.17) is 9.73 Å². The molecule has 3 nitrogen and oxygen atoms in total. The second-order valence-electron chi connectivity index (χ2n) is 6.42. The molecule has 1 aromatic rings. The molecule has 4 heteroatoms. The number of aliphatic imine (C=N–C) groups is 1. The third-order valence-corrected chi connectivity index (χ3v) is 5.82. The van der Waals surface area contributed by atoms with Crippen molar-refractivity contribution in [3.8, 4) is 5.75 Å². The number of ether oxygens (including phenoxy) is 1. The number of aryl methyl sites for hydroxylation is 1. The summed E-state index contributed by atoms with van der Waals surface area (Å²) in [5.41, 5.74) is 2.45. The molecule has 1 N–H and O–H groups in total. The monoisotopic (exact) mass is 304 g/mol. The first-order chi connectivity index (χ1) is 10.1. The normalized spacial score (nSPS) is 28.5. The van der Waals surface area contributed by atoms with E-state index >= 15 is 0 Å². The minimum absolute atomic E-state index is 0.209. The number of nitrogens with one attached hydrogen (secondary N) is 1. The lowest BCUT2D eigenvalue weighted by Gasteiger charge is -2.32. The van der Waals surface area contributed by atoms with Crippen molar-refractivity contribution in [2.24, 2.45) is 10.9 Å². The maximum absolute atomic E-state index is 5.31. The first-order valence-corrected chi connectivity index (χ1v) is 8.73. The summed E-state index contributed by atoms with van der Waals surface area (Å²) < 4.78 is 5.31. The summed E-state index contributed by atoms with van der Waals surface area (Å²) in [6.07, 6.45) is 5.12. The summed E-state index contributed by atoms with van der Waals surface area (Å²) >= 11 is 1.87. The maximum atomic E-state index is 5.31. The van der Waals surface area contributed by atoms with E-state index in [1.165, 1.54) is 25.7 Å². The van der Waals surface area contributed by atoms with Gasteiger partial charge in [0.1, 0.15) is 5.75 Å². The molecule has 0 amide bonds. The Morgan fingerprint density at radius 1 is 1.33 bits per heavy atom. The summed E-state index contributed by atoms with van der Waals surface area (Å²) in [7, 11) is 1.71. The van der Waals surface area contributed by atoms with Crippen LogP contribution in [0.25, 0.3) is 0 Å². The largest absolute Gasteiger partial charge is 0.496 e. The molecule has 0 bridgehead atoms. The molecule has 1 aromatic carbocycles. The van der Waals surface area contributed by atoms with Gasteiger partial charge in [-0.15, -0.1) is 0 Å². The number of hydrogen-bond donors (Lipinski definition) is 1. The molecule has 1 heterocycles. The van der Waals surface area contributed by atoms with Crippen molar-refractivity contribution < 1.29 is 4.74 Å². The van der Waals surface area contributed by atoms with Crippen LogP contribution in [0.4, 0.5) is 5.69 Å². The van der Waals surface area contributed by atoms with Crippen LogP contribution in [-0.2, 0) is 0 Å². The Morgan fingerprint density at radius 2 is 2.10 bits per heavy atom. The smallest absolute Gasteiger partial charge is 0.161 e. The highest BCUT2D eigenvalue weighted by Gasteiger charge is 2.38. The lowest BCUT2D eigenvalue weighted by atomic mass is 9.79. The standard InChI is InChI=1S/C17H24N2OS/c1-12-6-8-17(9-7-12)11-21-16(19-17)18-14-4-5-15(20-3)13(2)10-14/h4-5,10,12H,6-9,11H2,1-3H3,(H,18,19). The van der Waals surface area contributed by atoms with Crippen LogP contribution in [0.2, 0.25) is 0 Å². The molecular formula is C17H24N2OS. The summed E-state index contributed by atoms with van der Waals surface area (Å²) in [5.74, 6) is 2.94. The van der Waals surface area contributed by atoms with Gasteiger partial charge in [0, 0.05) is 11.4 Å². The fourth-order valence-corrected chi connectivity index (χ4v) is 4.39. The van der Waals surface area contributed by atoms with Crippen molar-refractivity contribution in [2.75, 3.05) is 18.2 Å². The van der Waals surface area contributed by atoms with Gasteiger partial charge in [-0.25, -0.2) is 0 Å². The highest BCUT2D eigenvalue weighted by Crippen LogP contribution is 2.41. The van der Waals surface area contributed by atoms with Crippen LogP contribution >= 0.6 is 11.8 Å². The Balaban J connectivity index is 1.70. The fraction of sp³-hybridized carbons (Fsp3) is 0.588. The van der Waals surface area contributed by atoms with Crippen molar-refractivity contribution in [1.29, 1.82) is 0 Å². The molecule has 0 unspecified atom stereocenters. The molecule has 1 fully saturated rings. The zero-order valence-corrected chi connectivity index (χ0v) is 13.9. The van der Waals surface area contributed by atoms with Crippen LogP contribution in [0.3, 0.4) is 0 Å². The highest BCUT2D eigenvalue weighted by molar-refractivity contribution is 8.14. The number of methoxy groups -OCH3 is 1. The average molecular weight is 304 g/mol. The second kappa shape index (κ2) is 5.91. The van der Waals surface area contributed by atoms with E-state index in [1.54, 1.807) is 7.11 Å². The number of anilines is 1. The van der Waals surface area contributed by atoms with Gasteiger partial charge >= 0.3 is 0 Å². The molecule has 1 spiro atoms. The predicted octanol–water partition coefficient (Wildman–Crippen LogP) is 4.47. The zero-order valence-electron chi connectivity index (χ0n) is 13.1. The molecule has 0 aromatic heterocycles. The Kier molecular flexibility index (Phi) is 4.16. The van der Waals surface area contributed by atoms with E-state index in [0.717, 1.165) is 33.8 Å². The Morgan fingerprint density at radius 3 is 2.76 bits per heavy atom. The van der Waals surface area contributed by atoms with E-state index in [0.29, 0.717) is 0 Å². The lowest BCUT2D eigenvalue weighted by molar-refractivity contribution is 0.273. The molecule has 0 radical (unpaired) electrons. The lowest BCUT2D eigenvalue weighted by Crippen LogP contribution is -2.32. The third-order valence-electron chi connectivity index (χ3n) is 4.67. The first kappa shape index (κ1) is 14.8. The number of hydrogen-bond acceptors (Lipinski definition) is 4. The molecule has 0 atom stereocenters. The number of nitrogens with zero attached hydrogens (tertiary/aromatic N) is 1. The van der Waals surface area contributed by atoms with Gasteiger partial charge in [0.25, 0.3) is 0 Å². The van der Waals surface area contributed by atoms with Crippen LogP contribution in [0.5, 0.6) is 5.75 Å². The molecule has 114 valence electrons. The van der Waals surface area contributed by atoms with Crippen molar-refractivity contribution >= 4 is 22.6 Å². The second-order valence-corrected chi connectivity index (χ2v) is 7.39. The highest BCUT2D eigenvalue weighted by atomic mass is 32.2. The molecule has 1 aliphatic carbocycles.